The summed E-state index contributed by atoms with van der Waals surface area (Å²) in [5.74, 6) is -1.34. The molecule has 2 aromatic rings. The number of hydrogen-bond donors (Lipinski definition) is 3. The molecular formula is C27H32N4O5. The van der Waals surface area contributed by atoms with Gasteiger partial charge >= 0.3 is 0 Å². The number of benzene rings is 2. The van der Waals surface area contributed by atoms with Gasteiger partial charge in [0.15, 0.2) is 0 Å². The molecule has 1 heterocycles. The third kappa shape index (κ3) is 6.41. The molecule has 2 atom stereocenters. The molecule has 4 rings (SSSR count). The first-order valence-electron chi connectivity index (χ1n) is 12.3. The van der Waals surface area contributed by atoms with Crippen LogP contribution in [0.4, 0.5) is 0 Å². The molecule has 1 fully saturated rings. The van der Waals surface area contributed by atoms with Gasteiger partial charge in [0.2, 0.25) is 17.7 Å². The predicted octanol–water partition coefficient (Wildman–Crippen LogP) is 1.42. The van der Waals surface area contributed by atoms with Crippen molar-refractivity contribution in [3.8, 4) is 5.75 Å². The average molecular weight is 493 g/mol. The Morgan fingerprint density at radius 3 is 2.47 bits per heavy atom. The molecule has 2 aliphatic rings. The Morgan fingerprint density at radius 1 is 1.03 bits per heavy atom. The number of carbonyl (C=O) groups excluding carboxylic acids is 4. The number of fused-ring (bicyclic) bond motifs is 1. The molecule has 0 unspecified atom stereocenters. The van der Waals surface area contributed by atoms with Crippen LogP contribution in [-0.4, -0.2) is 66.9 Å². The van der Waals surface area contributed by atoms with Crippen LogP contribution in [0, 0.1) is 0 Å². The van der Waals surface area contributed by atoms with E-state index in [-0.39, 0.29) is 37.1 Å². The van der Waals surface area contributed by atoms with Crippen LogP contribution >= 0.6 is 0 Å². The summed E-state index contributed by atoms with van der Waals surface area (Å²) < 4.78 is 5.84. The van der Waals surface area contributed by atoms with Gasteiger partial charge in [-0.25, -0.2) is 0 Å². The second-order valence-corrected chi connectivity index (χ2v) is 9.28. The van der Waals surface area contributed by atoms with Crippen LogP contribution < -0.4 is 20.7 Å². The lowest BCUT2D eigenvalue weighted by Gasteiger charge is -2.29. The molecule has 1 aliphatic carbocycles. The van der Waals surface area contributed by atoms with E-state index in [1.807, 2.05) is 30.3 Å². The minimum absolute atomic E-state index is 0.0437. The lowest BCUT2D eigenvalue weighted by molar-refractivity contribution is -0.136. The molecule has 0 bridgehead atoms. The van der Waals surface area contributed by atoms with Gasteiger partial charge in [-0.05, 0) is 37.0 Å². The van der Waals surface area contributed by atoms with Gasteiger partial charge < -0.3 is 25.6 Å². The molecule has 9 nitrogen and oxygen atoms in total. The van der Waals surface area contributed by atoms with Gasteiger partial charge in [0.1, 0.15) is 24.4 Å². The Labute approximate surface area is 210 Å². The van der Waals surface area contributed by atoms with Crippen molar-refractivity contribution in [1.82, 2.24) is 20.9 Å². The molecule has 1 saturated carbocycles. The Hall–Kier alpha value is -3.88. The van der Waals surface area contributed by atoms with Crippen molar-refractivity contribution in [1.29, 1.82) is 0 Å². The smallest absolute Gasteiger partial charge is 0.255 e. The van der Waals surface area contributed by atoms with Gasteiger partial charge in [0.05, 0.1) is 18.5 Å². The first-order valence-corrected chi connectivity index (χ1v) is 12.3. The van der Waals surface area contributed by atoms with Crippen LogP contribution in [0.5, 0.6) is 5.75 Å². The van der Waals surface area contributed by atoms with Crippen LogP contribution in [0.2, 0.25) is 0 Å². The van der Waals surface area contributed by atoms with Crippen molar-refractivity contribution >= 4 is 23.6 Å². The molecule has 0 saturated heterocycles. The number of nitrogens with one attached hydrogen (secondary N) is 3. The number of carbonyl (C=O) groups is 4. The molecule has 9 heteroatoms. The minimum atomic E-state index is -1.10. The van der Waals surface area contributed by atoms with E-state index >= 15 is 0 Å². The maximum absolute atomic E-state index is 13.3. The zero-order valence-corrected chi connectivity index (χ0v) is 20.4. The summed E-state index contributed by atoms with van der Waals surface area (Å²) in [7, 11) is 1.65. The van der Waals surface area contributed by atoms with Crippen LogP contribution in [-0.2, 0) is 20.8 Å². The van der Waals surface area contributed by atoms with Gasteiger partial charge in [0, 0.05) is 19.5 Å². The molecule has 0 aromatic heterocycles. The number of para-hydroxylation sites is 1. The van der Waals surface area contributed by atoms with Crippen molar-refractivity contribution in [2.45, 2.75) is 50.2 Å². The third-order valence-corrected chi connectivity index (χ3v) is 6.57. The predicted molar refractivity (Wildman–Crippen MR) is 133 cm³/mol. The van der Waals surface area contributed by atoms with Crippen molar-refractivity contribution in [2.24, 2.45) is 0 Å². The molecule has 1 aliphatic heterocycles. The highest BCUT2D eigenvalue weighted by atomic mass is 16.5. The second kappa shape index (κ2) is 11.7. The molecule has 0 radical (unpaired) electrons. The van der Waals surface area contributed by atoms with Gasteiger partial charge in [-0.2, -0.15) is 0 Å². The second-order valence-electron chi connectivity index (χ2n) is 9.28. The van der Waals surface area contributed by atoms with E-state index in [9.17, 15) is 19.2 Å². The summed E-state index contributed by atoms with van der Waals surface area (Å²) in [5, 5.41) is 8.42. The van der Waals surface area contributed by atoms with Gasteiger partial charge in [-0.3, -0.25) is 19.2 Å². The lowest BCUT2D eigenvalue weighted by Crippen LogP contribution is -2.55. The normalized spacial score (nSPS) is 21.7. The van der Waals surface area contributed by atoms with E-state index in [1.165, 1.54) is 4.90 Å². The molecule has 36 heavy (non-hydrogen) atoms. The maximum Gasteiger partial charge on any atom is 0.255 e. The quantitative estimate of drug-likeness (QED) is 0.597. The van der Waals surface area contributed by atoms with Gasteiger partial charge in [-0.1, -0.05) is 42.5 Å². The molecule has 0 spiro atoms. The largest absolute Gasteiger partial charge is 0.491 e. The highest BCUT2D eigenvalue weighted by Gasteiger charge is 2.31. The molecule has 2 aromatic carbocycles. The zero-order valence-electron chi connectivity index (χ0n) is 20.4. The summed E-state index contributed by atoms with van der Waals surface area (Å²) in [6.07, 6.45) is 2.77. The van der Waals surface area contributed by atoms with Crippen LogP contribution in [0.15, 0.2) is 54.6 Å². The standard InChI is InChI=1S/C27H32N4O5/c1-31-14-15-36-23-13-6-5-12-20(23)25(33)30-21(26(34)28-19-10-7-11-19)17-24(32)29-22(27(31)35)16-18-8-3-2-4-9-18/h2-6,8-9,12-13,19,21-22H,7,10-11,14-17H2,1H3,(H,28,34)(H,29,32)(H,30,33)/t21-,22+/m0/s1. The third-order valence-electron chi connectivity index (χ3n) is 6.57. The van der Waals surface area contributed by atoms with Crippen LogP contribution in [0.1, 0.15) is 41.6 Å². The summed E-state index contributed by atoms with van der Waals surface area (Å²) in [6.45, 7) is 0.423. The molecule has 190 valence electrons. The van der Waals surface area contributed by atoms with Crippen LogP contribution in [0.3, 0.4) is 0 Å². The first-order chi connectivity index (χ1) is 17.4. The van der Waals surface area contributed by atoms with E-state index < -0.39 is 29.8 Å². The number of nitrogens with zero attached hydrogens (tertiary/aromatic N) is 1. The summed E-state index contributed by atoms with van der Waals surface area (Å²) in [4.78, 5) is 54.0. The monoisotopic (exact) mass is 492 g/mol. The zero-order chi connectivity index (χ0) is 25.5. The lowest BCUT2D eigenvalue weighted by atomic mass is 9.93. The SMILES string of the molecule is CN1CCOc2ccccc2C(=O)N[C@H](C(=O)NC2CCC2)CC(=O)N[C@H](Cc2ccccc2)C1=O. The minimum Gasteiger partial charge on any atom is -0.491 e. The average Bonchev–Trinajstić information content (AvgIpc) is 2.85. The van der Waals surface area contributed by atoms with E-state index in [1.54, 1.807) is 31.3 Å². The number of likely N-dealkylation sites (N-methyl/N-ethyl adjacent to an activating group) is 1. The first kappa shape index (κ1) is 25.2. The highest BCUT2D eigenvalue weighted by molar-refractivity contribution is 6.01. The Kier molecular flexibility index (Phi) is 8.20. The summed E-state index contributed by atoms with van der Waals surface area (Å²) in [5.41, 5.74) is 1.15. The van der Waals surface area contributed by atoms with Crippen molar-refractivity contribution in [2.75, 3.05) is 20.2 Å². The number of rotatable bonds is 4. The van der Waals surface area contributed by atoms with Crippen molar-refractivity contribution in [3.05, 3.63) is 65.7 Å². The van der Waals surface area contributed by atoms with Crippen molar-refractivity contribution in [3.63, 3.8) is 0 Å². The molecule has 3 N–H and O–H groups in total. The number of ether oxygens (including phenoxy) is 1. The fourth-order valence-corrected chi connectivity index (χ4v) is 4.24. The maximum atomic E-state index is 13.3. The Bertz CT molecular complexity index is 1100. The fraction of sp³-hybridized carbons (Fsp3) is 0.407. The summed E-state index contributed by atoms with van der Waals surface area (Å²) >= 11 is 0. The van der Waals surface area contributed by atoms with E-state index in [4.69, 9.17) is 4.74 Å². The van der Waals surface area contributed by atoms with Crippen molar-refractivity contribution < 1.29 is 23.9 Å². The van der Waals surface area contributed by atoms with E-state index in [0.29, 0.717) is 12.2 Å². The number of amides is 4. The molecular weight excluding hydrogens is 460 g/mol. The van der Waals surface area contributed by atoms with Gasteiger partial charge in [0.25, 0.3) is 5.91 Å². The Balaban J connectivity index is 1.60. The van der Waals surface area contributed by atoms with E-state index in [2.05, 4.69) is 16.0 Å². The Morgan fingerprint density at radius 2 is 1.75 bits per heavy atom. The fourth-order valence-electron chi connectivity index (χ4n) is 4.24. The topological polar surface area (TPSA) is 117 Å². The van der Waals surface area contributed by atoms with Gasteiger partial charge in [-0.15, -0.1) is 0 Å². The summed E-state index contributed by atoms with van der Waals surface area (Å²) in [6, 6.07) is 14.2. The highest BCUT2D eigenvalue weighted by Crippen LogP contribution is 2.20. The molecule has 4 amide bonds. The van der Waals surface area contributed by atoms with E-state index in [0.717, 1.165) is 24.8 Å². The number of hydrogen-bond acceptors (Lipinski definition) is 5. The van der Waals surface area contributed by atoms with Crippen LogP contribution in [0.25, 0.3) is 0 Å².